The van der Waals surface area contributed by atoms with Gasteiger partial charge in [-0.25, -0.2) is 19.3 Å². The van der Waals surface area contributed by atoms with Gasteiger partial charge in [-0.05, 0) is 75.7 Å². The van der Waals surface area contributed by atoms with Gasteiger partial charge in [-0.3, -0.25) is 9.36 Å². The Balaban J connectivity index is 1.09. The van der Waals surface area contributed by atoms with Crippen molar-refractivity contribution in [3.63, 3.8) is 0 Å². The first kappa shape index (κ1) is 31.4. The van der Waals surface area contributed by atoms with Gasteiger partial charge in [-0.1, -0.05) is 6.07 Å². The fourth-order valence-electron chi connectivity index (χ4n) is 9.73. The number of fused-ring (bicyclic) bond motifs is 4. The topological polar surface area (TPSA) is 119 Å². The van der Waals surface area contributed by atoms with E-state index in [4.69, 9.17) is 20.4 Å². The van der Waals surface area contributed by atoms with E-state index in [1.54, 1.807) is 29.3 Å². The lowest BCUT2D eigenvalue weighted by Gasteiger charge is -2.53. The molecule has 12 heteroatoms. The van der Waals surface area contributed by atoms with Crippen molar-refractivity contribution in [1.29, 1.82) is 0 Å². The highest BCUT2D eigenvalue weighted by atomic mass is 19.1. The van der Waals surface area contributed by atoms with Crippen LogP contribution in [0, 0.1) is 11.2 Å². The molecular weight excluding hydrogens is 659 g/mol. The highest BCUT2D eigenvalue weighted by Crippen LogP contribution is 2.75. The summed E-state index contributed by atoms with van der Waals surface area (Å²) in [4.78, 5) is 44.5. The van der Waals surface area contributed by atoms with Gasteiger partial charge in [0.2, 0.25) is 11.9 Å². The molecule has 6 aliphatic rings. The second kappa shape index (κ2) is 10.2. The monoisotopic (exact) mass is 699 g/mol. The molecule has 2 unspecified atom stereocenters. The molecule has 0 bridgehead atoms. The molecule has 4 aromatic rings. The maximum Gasteiger partial charge on any atom is 0.523 e. The van der Waals surface area contributed by atoms with Crippen molar-refractivity contribution < 1.29 is 23.2 Å². The number of likely N-dealkylation sites (tertiary alicyclic amines) is 1. The van der Waals surface area contributed by atoms with Crippen molar-refractivity contribution in [1.82, 2.24) is 24.4 Å². The number of ether oxygens (including phenoxy) is 1. The van der Waals surface area contributed by atoms with E-state index in [1.807, 2.05) is 61.6 Å². The number of pyridine rings is 2. The largest absolute Gasteiger partial charge is 0.523 e. The Kier molecular flexibility index (Phi) is 6.13. The van der Waals surface area contributed by atoms with Crippen LogP contribution in [0.25, 0.3) is 39.5 Å². The third kappa shape index (κ3) is 4.01. The molecule has 3 aromatic heterocycles. The highest BCUT2D eigenvalue weighted by molar-refractivity contribution is 5.89. The molecule has 2 atom stereocenters. The third-order valence-electron chi connectivity index (χ3n) is 12.1. The van der Waals surface area contributed by atoms with Gasteiger partial charge in [0, 0.05) is 69.2 Å². The molecule has 10 rings (SSSR count). The number of anilines is 2. The van der Waals surface area contributed by atoms with E-state index in [-0.39, 0.29) is 39.3 Å². The van der Waals surface area contributed by atoms with Crippen LogP contribution in [0.5, 0.6) is 0 Å². The van der Waals surface area contributed by atoms with Gasteiger partial charge in [0.1, 0.15) is 22.5 Å². The number of halogens is 1. The Morgan fingerprint density at radius 1 is 1.04 bits per heavy atom. The summed E-state index contributed by atoms with van der Waals surface area (Å²) in [5.74, 6) is 0.658. The van der Waals surface area contributed by atoms with Gasteiger partial charge in [0.25, 0.3) is 0 Å². The molecule has 2 aliphatic carbocycles. The molecule has 52 heavy (non-hydrogen) atoms. The molecule has 5 fully saturated rings. The van der Waals surface area contributed by atoms with Crippen LogP contribution in [-0.2, 0) is 9.53 Å². The van der Waals surface area contributed by atoms with E-state index in [0.29, 0.717) is 71.4 Å². The number of carbonyl (C=O) groups is 2. The fourth-order valence-corrected chi connectivity index (χ4v) is 9.73. The van der Waals surface area contributed by atoms with Gasteiger partial charge in [-0.2, -0.15) is 9.28 Å². The summed E-state index contributed by atoms with van der Waals surface area (Å²) in [7, 11) is 1.83. The van der Waals surface area contributed by atoms with Crippen molar-refractivity contribution in [3.05, 3.63) is 84.0 Å². The van der Waals surface area contributed by atoms with Crippen LogP contribution >= 0.6 is 0 Å². The number of allylic oxidation sites excluding steroid dienone is 4. The minimum absolute atomic E-state index is 0.0330. The number of rotatable bonds is 4. The molecule has 1 aromatic carbocycles. The van der Waals surface area contributed by atoms with Crippen LogP contribution in [0.3, 0.4) is 0 Å². The number of hydrogen-bond donors (Lipinski definition) is 1. The van der Waals surface area contributed by atoms with Gasteiger partial charge >= 0.3 is 6.09 Å². The predicted molar refractivity (Wildman–Crippen MR) is 195 cm³/mol. The number of nitrogen functional groups attached to an aromatic ring is 1. The molecular formula is C40H40FN8O3+. The van der Waals surface area contributed by atoms with Crippen molar-refractivity contribution in [2.24, 2.45) is 5.41 Å². The second-order valence-electron chi connectivity index (χ2n) is 16.4. The average molecular weight is 700 g/mol. The Morgan fingerprint density at radius 2 is 1.83 bits per heavy atom. The first-order valence-corrected chi connectivity index (χ1v) is 18.0. The molecule has 4 aliphatic heterocycles. The van der Waals surface area contributed by atoms with Crippen molar-refractivity contribution >= 4 is 40.4 Å². The minimum Gasteiger partial charge on any atom is -0.414 e. The highest BCUT2D eigenvalue weighted by Gasteiger charge is 2.92. The van der Waals surface area contributed by atoms with E-state index in [2.05, 4.69) is 23.2 Å². The smallest absolute Gasteiger partial charge is 0.414 e. The number of quaternary nitrogens is 1. The quantitative estimate of drug-likeness (QED) is 0.195. The lowest BCUT2D eigenvalue weighted by atomic mass is 9.64. The van der Waals surface area contributed by atoms with E-state index in [1.165, 1.54) is 5.57 Å². The number of nitrogens with two attached hydrogens (primary N) is 1. The fraction of sp³-hybridized carbons (Fsp3) is 0.375. The van der Waals surface area contributed by atoms with Crippen molar-refractivity contribution in [2.75, 3.05) is 37.3 Å². The van der Waals surface area contributed by atoms with Crippen LogP contribution < -0.4 is 10.6 Å². The van der Waals surface area contributed by atoms with Crippen LogP contribution in [0.2, 0.25) is 0 Å². The number of carbonyl (C=O) groups excluding carboxylic acids is 2. The Bertz CT molecular complexity index is 2380. The van der Waals surface area contributed by atoms with Gasteiger partial charge in [0.05, 0.1) is 28.2 Å². The molecule has 2 spiro atoms. The molecule has 0 radical (unpaired) electrons. The second-order valence-corrected chi connectivity index (χ2v) is 16.4. The Labute approximate surface area is 300 Å². The number of benzene rings is 1. The first-order chi connectivity index (χ1) is 24.9. The van der Waals surface area contributed by atoms with Crippen LogP contribution in [0.15, 0.2) is 78.2 Å². The Hall–Kier alpha value is -5.36. The van der Waals surface area contributed by atoms with Crippen LogP contribution in [0.4, 0.5) is 20.7 Å². The molecule has 7 heterocycles. The average Bonchev–Trinajstić information content (AvgIpc) is 3.32. The standard InChI is InChI=1S/C40H40FN8O3/c1-38(2,3)52-37(51)49-30-18-23(11-12-26(33(30)49)40(49)15-7-16-40)48-35(25-9-6-17-43-34(25)42)45-28-14-13-27(44-36(28)48)24-8-5-10-29(32(24)41)47-21-39(22-47)19-31(50)46(4)20-39/h5-6,8-14,17-18,33H,7,15-16,19-22H2,1-4H3,(H2,42,43)/q+1. The predicted octanol–water partition coefficient (Wildman–Crippen LogP) is 6.29. The minimum atomic E-state index is -0.614. The summed E-state index contributed by atoms with van der Waals surface area (Å²) in [6.45, 7) is 7.68. The summed E-state index contributed by atoms with van der Waals surface area (Å²) in [6, 6.07) is 12.7. The molecule has 264 valence electrons. The van der Waals surface area contributed by atoms with Crippen LogP contribution in [0.1, 0.15) is 46.5 Å². The normalized spacial score (nSPS) is 24.8. The summed E-state index contributed by atoms with van der Waals surface area (Å²) in [5, 5.41) is 0. The number of aromatic nitrogens is 4. The van der Waals surface area contributed by atoms with E-state index in [0.717, 1.165) is 30.7 Å². The molecule has 1 saturated carbocycles. The summed E-state index contributed by atoms with van der Waals surface area (Å²) in [5.41, 5.74) is 11.6. The number of amides is 2. The number of nitrogens with zero attached hydrogens (tertiary/aromatic N) is 7. The summed E-state index contributed by atoms with van der Waals surface area (Å²) >= 11 is 0. The van der Waals surface area contributed by atoms with E-state index in [9.17, 15) is 9.59 Å². The molecule has 11 nitrogen and oxygen atoms in total. The number of hydrogen-bond acceptors (Lipinski definition) is 8. The Morgan fingerprint density at radius 3 is 2.52 bits per heavy atom. The molecule has 4 saturated heterocycles. The van der Waals surface area contributed by atoms with Gasteiger partial charge < -0.3 is 20.3 Å². The molecule has 2 amide bonds. The van der Waals surface area contributed by atoms with Gasteiger partial charge in [0.15, 0.2) is 23.0 Å². The maximum absolute atomic E-state index is 16.5. The van der Waals surface area contributed by atoms with Crippen molar-refractivity contribution in [3.8, 4) is 22.6 Å². The lowest BCUT2D eigenvalue weighted by Crippen LogP contribution is -2.69. The zero-order chi connectivity index (χ0) is 35.9. The SMILES string of the molecule is CN1CC2(CC1=O)CN(c1cccc(-c3ccc4nc(-c5cccnc5N)n(C5=CC=C6C7C(=C5)[N+]7(C(=O)OC(C)(C)C)C65CCC5)c4n3)c1F)C2. The first-order valence-electron chi connectivity index (χ1n) is 18.0. The van der Waals surface area contributed by atoms with E-state index >= 15 is 4.39 Å². The zero-order valence-electron chi connectivity index (χ0n) is 29.7. The van der Waals surface area contributed by atoms with Crippen LogP contribution in [-0.4, -0.2) is 84.8 Å². The van der Waals surface area contributed by atoms with Crippen molar-refractivity contribution in [2.45, 2.75) is 63.6 Å². The van der Waals surface area contributed by atoms with Gasteiger partial charge in [-0.15, -0.1) is 0 Å². The molecule has 2 N–H and O–H groups in total. The summed E-state index contributed by atoms with van der Waals surface area (Å²) < 4.78 is 24.7. The third-order valence-corrected chi connectivity index (χ3v) is 12.1. The maximum atomic E-state index is 16.5. The number of imidazole rings is 1. The zero-order valence-corrected chi connectivity index (χ0v) is 29.7. The van der Waals surface area contributed by atoms with E-state index < -0.39 is 5.60 Å². The summed E-state index contributed by atoms with van der Waals surface area (Å²) in [6.07, 6.45) is 11.2. The lowest BCUT2D eigenvalue weighted by molar-refractivity contribution is -0.815.